The van der Waals surface area contributed by atoms with E-state index in [2.05, 4.69) is 41.8 Å². The smallest absolute Gasteiger partial charge is 0.333 e. The van der Waals surface area contributed by atoms with Crippen LogP contribution in [0.25, 0.3) is 0 Å². The van der Waals surface area contributed by atoms with Gasteiger partial charge in [0.15, 0.2) is 0 Å². The summed E-state index contributed by atoms with van der Waals surface area (Å²) in [4.78, 5) is 11.2. The molecule has 0 heterocycles. The number of esters is 1. The molecule has 6 heteroatoms. The summed E-state index contributed by atoms with van der Waals surface area (Å²) in [7, 11) is 10.9. The lowest BCUT2D eigenvalue weighted by atomic mass is 10.3. The molecule has 0 fully saturated rings. The molecule has 0 amide bonds. The molecule has 19 heavy (non-hydrogen) atoms. The van der Waals surface area contributed by atoms with Crippen molar-refractivity contribution in [2.45, 2.75) is 6.92 Å². The minimum absolute atomic E-state index is 0. The van der Waals surface area contributed by atoms with Gasteiger partial charge >= 0.3 is 5.97 Å². The van der Waals surface area contributed by atoms with E-state index in [1.54, 1.807) is 6.92 Å². The van der Waals surface area contributed by atoms with E-state index >= 15 is 0 Å². The highest BCUT2D eigenvalue weighted by Gasteiger charge is 2.20. The fourth-order valence-electron chi connectivity index (χ4n) is 1.19. The van der Waals surface area contributed by atoms with Crippen molar-refractivity contribution in [1.82, 2.24) is 0 Å². The second kappa shape index (κ2) is 9.59. The molecule has 0 aliphatic carbocycles. The van der Waals surface area contributed by atoms with Gasteiger partial charge in [0.25, 0.3) is 0 Å². The second-order valence-corrected chi connectivity index (χ2v) is 6.31. The van der Waals surface area contributed by atoms with Crippen LogP contribution in [-0.4, -0.2) is 76.4 Å². The van der Waals surface area contributed by atoms with Crippen molar-refractivity contribution >= 4 is 5.97 Å². The van der Waals surface area contributed by atoms with Gasteiger partial charge in [0.2, 0.25) is 0 Å². The zero-order valence-corrected chi connectivity index (χ0v) is 14.5. The van der Waals surface area contributed by atoms with E-state index in [9.17, 15) is 4.79 Å². The number of ether oxygens (including phenoxy) is 1. The Morgan fingerprint density at radius 2 is 1.47 bits per heavy atom. The molecule has 0 saturated carbocycles. The summed E-state index contributed by atoms with van der Waals surface area (Å²) in [5.41, 5.74) is 0.460. The van der Waals surface area contributed by atoms with Crippen molar-refractivity contribution in [3.8, 4) is 0 Å². The Morgan fingerprint density at radius 1 is 1.00 bits per heavy atom. The number of hydrogen-bond acceptors (Lipinski definition) is 2. The lowest BCUT2D eigenvalue weighted by Gasteiger charge is -2.33. The van der Waals surface area contributed by atoms with Gasteiger partial charge in [-0.05, 0) is 6.92 Å². The summed E-state index contributed by atoms with van der Waals surface area (Å²) in [6.07, 6.45) is 0. The van der Waals surface area contributed by atoms with Crippen LogP contribution in [0.5, 0.6) is 0 Å². The molecule has 0 aromatic heterocycles. The number of halogens is 2. The van der Waals surface area contributed by atoms with Gasteiger partial charge in [-0.3, -0.25) is 0 Å². The first-order valence-corrected chi connectivity index (χ1v) is 5.99. The normalized spacial score (nSPS) is 11.1. The Balaban J connectivity index is -0.00000128. The van der Waals surface area contributed by atoms with E-state index in [1.807, 2.05) is 0 Å². The van der Waals surface area contributed by atoms with E-state index < -0.39 is 0 Å². The molecule has 0 unspecified atom stereocenters. The van der Waals surface area contributed by atoms with Gasteiger partial charge in [-0.15, -0.1) is 0 Å². The molecule has 0 aliphatic rings. The van der Waals surface area contributed by atoms with Crippen LogP contribution in [0.1, 0.15) is 6.92 Å². The minimum atomic E-state index is -0.295. The van der Waals surface area contributed by atoms with Gasteiger partial charge in [0, 0.05) is 5.57 Å². The molecule has 0 rings (SSSR count). The largest absolute Gasteiger partial charge is 1.00 e. The summed E-state index contributed by atoms with van der Waals surface area (Å²) >= 11 is 0. The highest BCUT2D eigenvalue weighted by molar-refractivity contribution is 5.86. The van der Waals surface area contributed by atoms with Crippen LogP contribution in [0.2, 0.25) is 0 Å². The van der Waals surface area contributed by atoms with Crippen molar-refractivity contribution < 1.29 is 43.3 Å². The molecule has 0 saturated heterocycles. The Hall–Kier alpha value is -0.290. The number of carbonyl (C=O) groups is 1. The molecule has 0 aliphatic heterocycles. The lowest BCUT2D eigenvalue weighted by Crippen LogP contribution is -3.00. The first-order chi connectivity index (χ1) is 7.53. The number of rotatable bonds is 7. The van der Waals surface area contributed by atoms with E-state index in [0.717, 1.165) is 28.6 Å². The first-order valence-electron chi connectivity index (χ1n) is 5.99. The predicted octanol–water partition coefficient (Wildman–Crippen LogP) is -5.10. The van der Waals surface area contributed by atoms with Crippen LogP contribution in [0.4, 0.5) is 0 Å². The maximum atomic E-state index is 11.2. The average molecular weight is 315 g/mol. The molecule has 0 N–H and O–H groups in total. The molecule has 0 spiro atoms. The van der Waals surface area contributed by atoms with E-state index in [0.29, 0.717) is 12.2 Å². The van der Waals surface area contributed by atoms with Gasteiger partial charge in [0.1, 0.15) is 26.2 Å². The maximum Gasteiger partial charge on any atom is 0.333 e. The third-order valence-electron chi connectivity index (χ3n) is 2.65. The molecule has 0 aromatic carbocycles. The van der Waals surface area contributed by atoms with E-state index in [-0.39, 0.29) is 30.8 Å². The zero-order valence-electron chi connectivity index (χ0n) is 13.0. The molecular formula is C13H28Cl2N2O2. The first kappa shape index (κ1) is 23.8. The van der Waals surface area contributed by atoms with Crippen molar-refractivity contribution in [3.63, 3.8) is 0 Å². The molecule has 4 nitrogen and oxygen atoms in total. The fourth-order valence-corrected chi connectivity index (χ4v) is 1.19. The van der Waals surface area contributed by atoms with Crippen molar-refractivity contribution in [2.75, 3.05) is 61.5 Å². The number of carbonyl (C=O) groups excluding carboxylic acids is 1. The SMILES string of the molecule is C=C(C)C(=O)OCC[N+](C)(C)CC[N+](C)(C)C.[Cl-].[Cl-]. The second-order valence-electron chi connectivity index (χ2n) is 6.31. The van der Waals surface area contributed by atoms with Crippen LogP contribution >= 0.6 is 0 Å². The topological polar surface area (TPSA) is 26.3 Å². The fraction of sp³-hybridized carbons (Fsp3) is 0.769. The quantitative estimate of drug-likeness (QED) is 0.267. The number of nitrogens with zero attached hydrogens (tertiary/aromatic N) is 2. The van der Waals surface area contributed by atoms with Crippen LogP contribution in [0.3, 0.4) is 0 Å². The summed E-state index contributed by atoms with van der Waals surface area (Å²) in [6, 6.07) is 0. The number of likely N-dealkylation sites (N-methyl/N-ethyl adjacent to an activating group) is 2. The molecule has 0 atom stereocenters. The highest BCUT2D eigenvalue weighted by atomic mass is 35.5. The van der Waals surface area contributed by atoms with E-state index in [1.165, 1.54) is 0 Å². The molecule has 0 aromatic rings. The monoisotopic (exact) mass is 314 g/mol. The third kappa shape index (κ3) is 13.9. The van der Waals surface area contributed by atoms with Crippen molar-refractivity contribution in [3.05, 3.63) is 12.2 Å². The Labute approximate surface area is 130 Å². The Bertz CT molecular complexity index is 287. The van der Waals surface area contributed by atoms with Gasteiger partial charge in [-0.2, -0.15) is 0 Å². The maximum absolute atomic E-state index is 11.2. The molecular weight excluding hydrogens is 287 g/mol. The van der Waals surface area contributed by atoms with Gasteiger partial charge < -0.3 is 38.5 Å². The predicted molar refractivity (Wildman–Crippen MR) is 70.5 cm³/mol. The Kier molecular flexibility index (Phi) is 12.0. The summed E-state index contributed by atoms with van der Waals surface area (Å²) < 4.78 is 6.92. The van der Waals surface area contributed by atoms with E-state index in [4.69, 9.17) is 4.74 Å². The van der Waals surface area contributed by atoms with Crippen LogP contribution in [0.15, 0.2) is 12.2 Å². The van der Waals surface area contributed by atoms with Crippen molar-refractivity contribution in [1.29, 1.82) is 0 Å². The number of quaternary nitrogens is 2. The summed E-state index contributed by atoms with van der Waals surface area (Å²) in [5.74, 6) is -0.295. The molecule has 116 valence electrons. The standard InChI is InChI=1S/C13H28N2O2.2ClH/c1-12(2)13(16)17-11-10-15(6,7)9-8-14(3,4)5;;/h1,8-11H2,2-7H3;2*1H/q+2;;/p-2. The van der Waals surface area contributed by atoms with Gasteiger partial charge in [0.05, 0.1) is 35.2 Å². The lowest BCUT2D eigenvalue weighted by molar-refractivity contribution is -0.937. The van der Waals surface area contributed by atoms with Crippen LogP contribution in [0, 0.1) is 0 Å². The van der Waals surface area contributed by atoms with Gasteiger partial charge in [-0.25, -0.2) is 4.79 Å². The molecule has 0 bridgehead atoms. The number of hydrogen-bond donors (Lipinski definition) is 0. The molecule has 0 radical (unpaired) electrons. The van der Waals surface area contributed by atoms with Crippen molar-refractivity contribution in [2.24, 2.45) is 0 Å². The average Bonchev–Trinajstić information content (AvgIpc) is 2.13. The van der Waals surface area contributed by atoms with Crippen LogP contribution < -0.4 is 24.8 Å². The summed E-state index contributed by atoms with van der Waals surface area (Å²) in [5, 5.41) is 0. The van der Waals surface area contributed by atoms with Crippen LogP contribution in [-0.2, 0) is 9.53 Å². The Morgan fingerprint density at radius 3 is 1.84 bits per heavy atom. The van der Waals surface area contributed by atoms with Gasteiger partial charge in [-0.1, -0.05) is 6.58 Å². The third-order valence-corrected chi connectivity index (χ3v) is 2.65. The highest BCUT2D eigenvalue weighted by Crippen LogP contribution is 2.01. The minimum Gasteiger partial charge on any atom is -1.00 e. The zero-order chi connectivity index (χ0) is 13.7. The summed E-state index contributed by atoms with van der Waals surface area (Å²) in [6.45, 7) is 8.67.